The average molecular weight is 474 g/mol. The Morgan fingerprint density at radius 1 is 1.23 bits per heavy atom. The first kappa shape index (κ1) is 23.0. The van der Waals surface area contributed by atoms with Crippen LogP contribution in [0.1, 0.15) is 51.1 Å². The van der Waals surface area contributed by atoms with Gasteiger partial charge in [-0.05, 0) is 44.3 Å². The molecule has 1 aromatic carbocycles. The number of methoxy groups -OCH3 is 1. The molecule has 1 aliphatic rings. The lowest BCUT2D eigenvalue weighted by Crippen LogP contribution is -2.37. The summed E-state index contributed by atoms with van der Waals surface area (Å²) in [7, 11) is 1.73. The molecule has 6 heteroatoms. The van der Waals surface area contributed by atoms with Crippen molar-refractivity contribution in [2.24, 2.45) is 16.6 Å². The van der Waals surface area contributed by atoms with Gasteiger partial charge in [-0.25, -0.2) is 0 Å². The Hall–Kier alpha value is -1.02. The van der Waals surface area contributed by atoms with Crippen molar-refractivity contribution in [3.8, 4) is 5.75 Å². The first-order chi connectivity index (χ1) is 12.1. The van der Waals surface area contributed by atoms with Crippen LogP contribution in [0.3, 0.4) is 0 Å². The molecule has 0 saturated carbocycles. The number of benzene rings is 1. The molecule has 0 radical (unpaired) electrons. The molecule has 0 aromatic heterocycles. The van der Waals surface area contributed by atoms with Crippen molar-refractivity contribution in [1.82, 2.24) is 10.2 Å². The van der Waals surface area contributed by atoms with E-state index in [1.807, 2.05) is 12.1 Å². The Kier molecular flexibility index (Phi) is 11.0. The number of hydrogen-bond donors (Lipinski definition) is 2. The van der Waals surface area contributed by atoms with E-state index in [9.17, 15) is 0 Å². The fourth-order valence-corrected chi connectivity index (χ4v) is 3.31. The molecule has 148 valence electrons. The van der Waals surface area contributed by atoms with E-state index < -0.39 is 0 Å². The Balaban J connectivity index is 0.00000338. The zero-order valence-electron chi connectivity index (χ0n) is 16.4. The van der Waals surface area contributed by atoms with E-state index in [-0.39, 0.29) is 30.0 Å². The fraction of sp³-hybridized carbons (Fsp3) is 0.650. The number of para-hydroxylation sites is 1. The molecule has 0 amide bonds. The van der Waals surface area contributed by atoms with E-state index in [1.54, 1.807) is 7.11 Å². The van der Waals surface area contributed by atoms with Crippen LogP contribution in [0, 0.1) is 5.92 Å². The fourth-order valence-electron chi connectivity index (χ4n) is 3.31. The predicted molar refractivity (Wildman–Crippen MR) is 121 cm³/mol. The second-order valence-corrected chi connectivity index (χ2v) is 7.19. The number of nitrogens with two attached hydrogens (primary N) is 1. The molecule has 0 spiro atoms. The number of aliphatic imine (C=N–C) groups is 1. The van der Waals surface area contributed by atoms with Crippen molar-refractivity contribution >= 4 is 29.9 Å². The number of piperidine rings is 1. The van der Waals surface area contributed by atoms with E-state index in [0.29, 0.717) is 18.4 Å². The number of guanidine groups is 1. The van der Waals surface area contributed by atoms with Crippen molar-refractivity contribution in [3.63, 3.8) is 0 Å². The second kappa shape index (κ2) is 12.4. The molecule has 1 unspecified atom stereocenters. The van der Waals surface area contributed by atoms with Crippen molar-refractivity contribution in [2.45, 2.75) is 45.6 Å². The van der Waals surface area contributed by atoms with Gasteiger partial charge in [0.15, 0.2) is 5.96 Å². The number of hydrogen-bond acceptors (Lipinski definition) is 3. The molecule has 1 heterocycles. The molecule has 0 bridgehead atoms. The number of nitrogens with one attached hydrogen (secondary N) is 1. The molecule has 26 heavy (non-hydrogen) atoms. The van der Waals surface area contributed by atoms with E-state index in [4.69, 9.17) is 10.5 Å². The summed E-state index contributed by atoms with van der Waals surface area (Å²) in [4.78, 5) is 7.15. The molecule has 1 atom stereocenters. The molecule has 1 saturated heterocycles. The van der Waals surface area contributed by atoms with Gasteiger partial charge in [0.1, 0.15) is 5.75 Å². The van der Waals surface area contributed by atoms with E-state index in [0.717, 1.165) is 31.8 Å². The number of nitrogens with zero attached hydrogens (tertiary/aromatic N) is 2. The topological polar surface area (TPSA) is 62.9 Å². The molecule has 1 fully saturated rings. The van der Waals surface area contributed by atoms with E-state index >= 15 is 0 Å². The molecule has 2 rings (SSSR count). The summed E-state index contributed by atoms with van der Waals surface area (Å²) in [6.45, 7) is 8.17. The minimum Gasteiger partial charge on any atom is -0.496 e. The summed E-state index contributed by atoms with van der Waals surface area (Å²) in [5, 5.41) is 3.23. The Bertz CT molecular complexity index is 544. The summed E-state index contributed by atoms with van der Waals surface area (Å²) < 4.78 is 5.59. The SMILES string of the molecule is COc1ccccc1C(CN=C(N)NCCC(C)C)N1CCCCC1.I. The largest absolute Gasteiger partial charge is 0.496 e. The Morgan fingerprint density at radius 2 is 1.92 bits per heavy atom. The molecule has 3 N–H and O–H groups in total. The molecular formula is C20H35IN4O. The quantitative estimate of drug-likeness (QED) is 0.342. The highest BCUT2D eigenvalue weighted by Crippen LogP contribution is 2.31. The standard InChI is InChI=1S/C20H34N4O.HI/c1-16(2)11-12-22-20(21)23-15-18(24-13-7-4-8-14-24)17-9-5-6-10-19(17)25-3;/h5-6,9-10,16,18H,4,7-8,11-15H2,1-3H3,(H3,21,22,23);1H. The van der Waals surface area contributed by atoms with Gasteiger partial charge in [-0.2, -0.15) is 0 Å². The van der Waals surface area contributed by atoms with Gasteiger partial charge >= 0.3 is 0 Å². The third kappa shape index (κ3) is 7.31. The van der Waals surface area contributed by atoms with Gasteiger partial charge < -0.3 is 15.8 Å². The van der Waals surface area contributed by atoms with Crippen LogP contribution in [-0.4, -0.2) is 44.1 Å². The van der Waals surface area contributed by atoms with Crippen molar-refractivity contribution in [2.75, 3.05) is 33.3 Å². The Morgan fingerprint density at radius 3 is 2.58 bits per heavy atom. The third-order valence-electron chi connectivity index (χ3n) is 4.79. The first-order valence-corrected chi connectivity index (χ1v) is 9.52. The van der Waals surface area contributed by atoms with Crippen LogP contribution in [0.15, 0.2) is 29.3 Å². The number of ether oxygens (including phenoxy) is 1. The van der Waals surface area contributed by atoms with Crippen LogP contribution in [-0.2, 0) is 0 Å². The van der Waals surface area contributed by atoms with Crippen molar-refractivity contribution < 1.29 is 4.74 Å². The summed E-state index contributed by atoms with van der Waals surface area (Å²) in [6, 6.07) is 8.47. The van der Waals surface area contributed by atoms with Crippen LogP contribution >= 0.6 is 24.0 Å². The van der Waals surface area contributed by atoms with Gasteiger partial charge in [0.25, 0.3) is 0 Å². The van der Waals surface area contributed by atoms with Crippen molar-refractivity contribution in [1.29, 1.82) is 0 Å². The second-order valence-electron chi connectivity index (χ2n) is 7.19. The van der Waals surface area contributed by atoms with E-state index in [1.165, 1.54) is 24.8 Å². The average Bonchev–Trinajstić information content (AvgIpc) is 2.63. The van der Waals surface area contributed by atoms with Crippen LogP contribution in [0.25, 0.3) is 0 Å². The monoisotopic (exact) mass is 474 g/mol. The molecule has 1 aliphatic heterocycles. The maximum absolute atomic E-state index is 6.08. The van der Waals surface area contributed by atoms with Gasteiger partial charge in [0.05, 0.1) is 19.7 Å². The lowest BCUT2D eigenvalue weighted by Gasteiger charge is -2.34. The van der Waals surface area contributed by atoms with Crippen LogP contribution in [0.4, 0.5) is 0 Å². The molecular weight excluding hydrogens is 439 g/mol. The van der Waals surface area contributed by atoms with Crippen molar-refractivity contribution in [3.05, 3.63) is 29.8 Å². The van der Waals surface area contributed by atoms with E-state index in [2.05, 4.69) is 41.2 Å². The van der Waals surface area contributed by atoms with Crippen LogP contribution in [0.2, 0.25) is 0 Å². The van der Waals surface area contributed by atoms with Gasteiger partial charge in [0, 0.05) is 12.1 Å². The van der Waals surface area contributed by atoms with Gasteiger partial charge in [-0.3, -0.25) is 9.89 Å². The van der Waals surface area contributed by atoms with Gasteiger partial charge in [-0.1, -0.05) is 38.5 Å². The van der Waals surface area contributed by atoms with Gasteiger partial charge in [0.2, 0.25) is 0 Å². The first-order valence-electron chi connectivity index (χ1n) is 9.52. The maximum Gasteiger partial charge on any atom is 0.188 e. The highest BCUT2D eigenvalue weighted by Gasteiger charge is 2.24. The number of likely N-dealkylation sites (tertiary alicyclic amines) is 1. The third-order valence-corrected chi connectivity index (χ3v) is 4.79. The lowest BCUT2D eigenvalue weighted by molar-refractivity contribution is 0.165. The highest BCUT2D eigenvalue weighted by molar-refractivity contribution is 14.0. The zero-order chi connectivity index (χ0) is 18.1. The summed E-state index contributed by atoms with van der Waals surface area (Å²) >= 11 is 0. The van der Waals surface area contributed by atoms with Gasteiger partial charge in [-0.15, -0.1) is 24.0 Å². The molecule has 5 nitrogen and oxygen atoms in total. The minimum atomic E-state index is 0. The Labute approximate surface area is 175 Å². The van der Waals surface area contributed by atoms with Crippen LogP contribution < -0.4 is 15.8 Å². The molecule has 1 aromatic rings. The number of halogens is 1. The normalized spacial score (nSPS) is 16.8. The number of rotatable bonds is 8. The summed E-state index contributed by atoms with van der Waals surface area (Å²) in [5.41, 5.74) is 7.28. The lowest BCUT2D eigenvalue weighted by atomic mass is 10.0. The molecule has 0 aliphatic carbocycles. The summed E-state index contributed by atoms with van der Waals surface area (Å²) in [6.07, 6.45) is 4.91. The van der Waals surface area contributed by atoms with Crippen LogP contribution in [0.5, 0.6) is 5.75 Å². The minimum absolute atomic E-state index is 0. The predicted octanol–water partition coefficient (Wildman–Crippen LogP) is 3.79. The summed E-state index contributed by atoms with van der Waals surface area (Å²) in [5.74, 6) is 2.13. The maximum atomic E-state index is 6.08. The smallest absolute Gasteiger partial charge is 0.188 e. The zero-order valence-corrected chi connectivity index (χ0v) is 18.7. The highest BCUT2D eigenvalue weighted by atomic mass is 127.